The summed E-state index contributed by atoms with van der Waals surface area (Å²) >= 11 is 0. The quantitative estimate of drug-likeness (QED) is 0.800. The summed E-state index contributed by atoms with van der Waals surface area (Å²) < 4.78 is 11.2. The zero-order valence-electron chi connectivity index (χ0n) is 16.7. The smallest absolute Gasteiger partial charge is 0.337 e. The lowest BCUT2D eigenvalue weighted by Crippen LogP contribution is -2.36. The number of dihydropyridines is 1. The van der Waals surface area contributed by atoms with Gasteiger partial charge in [0.1, 0.15) is 5.58 Å². The lowest BCUT2D eigenvalue weighted by molar-refractivity contribution is -0.143. The molecule has 1 aromatic heterocycles. The number of carbonyl (C=O) groups excluding carboxylic acids is 2. The van der Waals surface area contributed by atoms with E-state index in [0.717, 1.165) is 12.1 Å². The second-order valence-electron chi connectivity index (χ2n) is 7.74. The number of allylic oxidation sites excluding steroid dienone is 3. The van der Waals surface area contributed by atoms with Crippen molar-refractivity contribution in [1.82, 2.24) is 5.32 Å². The minimum Gasteiger partial charge on any atom is -0.464 e. The molecular formula is C23H23NO5. The number of rotatable bonds is 3. The minimum atomic E-state index is -0.800. The Kier molecular flexibility index (Phi) is 4.86. The predicted octanol–water partition coefficient (Wildman–Crippen LogP) is 3.71. The Morgan fingerprint density at radius 3 is 2.72 bits per heavy atom. The molecule has 0 saturated heterocycles. The fourth-order valence-corrected chi connectivity index (χ4v) is 4.13. The van der Waals surface area contributed by atoms with Crippen LogP contribution >= 0.6 is 0 Å². The molecular weight excluding hydrogens is 370 g/mol. The molecule has 0 spiro atoms. The number of carbonyl (C=O) groups is 2. The SMILES string of the molecule is CC1=C(C(=O)OC(C)C)[C@H](c2coc3ccccc3c2=O)C2=C(CCCC2=O)N1. The van der Waals surface area contributed by atoms with E-state index in [9.17, 15) is 14.4 Å². The van der Waals surface area contributed by atoms with E-state index in [0.29, 0.717) is 35.1 Å². The van der Waals surface area contributed by atoms with Gasteiger partial charge in [0.05, 0.1) is 29.2 Å². The number of fused-ring (bicyclic) bond motifs is 1. The van der Waals surface area contributed by atoms with Crippen molar-refractivity contribution in [2.45, 2.75) is 52.1 Å². The van der Waals surface area contributed by atoms with E-state index in [2.05, 4.69) is 5.32 Å². The molecule has 0 amide bonds. The van der Waals surface area contributed by atoms with Crippen LogP contribution in [0.2, 0.25) is 0 Å². The highest BCUT2D eigenvalue weighted by Crippen LogP contribution is 2.42. The molecule has 150 valence electrons. The first kappa shape index (κ1) is 19.2. The lowest BCUT2D eigenvalue weighted by atomic mass is 9.75. The average Bonchev–Trinajstić information content (AvgIpc) is 2.67. The van der Waals surface area contributed by atoms with Gasteiger partial charge in [0.25, 0.3) is 0 Å². The van der Waals surface area contributed by atoms with Crippen LogP contribution in [0, 0.1) is 0 Å². The Morgan fingerprint density at radius 2 is 1.97 bits per heavy atom. The Morgan fingerprint density at radius 1 is 1.21 bits per heavy atom. The zero-order chi connectivity index (χ0) is 20.7. The van der Waals surface area contributed by atoms with Gasteiger partial charge in [-0.2, -0.15) is 0 Å². The molecule has 2 heterocycles. The third kappa shape index (κ3) is 3.28. The summed E-state index contributed by atoms with van der Waals surface area (Å²) in [6, 6.07) is 6.95. The summed E-state index contributed by atoms with van der Waals surface area (Å²) in [7, 11) is 0. The van der Waals surface area contributed by atoms with Crippen molar-refractivity contribution in [2.75, 3.05) is 0 Å². The normalized spacial score (nSPS) is 19.4. The Hall–Kier alpha value is -3.15. The molecule has 0 bridgehead atoms. The molecule has 2 aromatic rings. The molecule has 0 radical (unpaired) electrons. The molecule has 29 heavy (non-hydrogen) atoms. The number of Topliss-reactive ketones (excluding diaryl/α,β-unsaturated/α-hetero) is 1. The van der Waals surface area contributed by atoms with Crippen LogP contribution in [-0.2, 0) is 14.3 Å². The number of hydrogen-bond acceptors (Lipinski definition) is 6. The Labute approximate surface area is 168 Å². The van der Waals surface area contributed by atoms with Gasteiger partial charge in [0.2, 0.25) is 0 Å². The van der Waals surface area contributed by atoms with E-state index in [1.165, 1.54) is 6.26 Å². The fourth-order valence-electron chi connectivity index (χ4n) is 4.13. The number of ketones is 1. The second-order valence-corrected chi connectivity index (χ2v) is 7.74. The van der Waals surface area contributed by atoms with Crippen molar-refractivity contribution in [3.05, 3.63) is 68.9 Å². The monoisotopic (exact) mass is 393 g/mol. The zero-order valence-corrected chi connectivity index (χ0v) is 16.7. The van der Waals surface area contributed by atoms with Crippen LogP contribution in [0.4, 0.5) is 0 Å². The van der Waals surface area contributed by atoms with Gasteiger partial charge in [0.15, 0.2) is 11.2 Å². The van der Waals surface area contributed by atoms with Crippen LogP contribution in [0.5, 0.6) is 0 Å². The average molecular weight is 393 g/mol. The highest BCUT2D eigenvalue weighted by atomic mass is 16.5. The van der Waals surface area contributed by atoms with Crippen molar-refractivity contribution < 1.29 is 18.7 Å². The lowest BCUT2D eigenvalue weighted by Gasteiger charge is -2.33. The summed E-state index contributed by atoms with van der Waals surface area (Å²) in [4.78, 5) is 39.2. The molecule has 1 atom stereocenters. The summed E-state index contributed by atoms with van der Waals surface area (Å²) in [5.74, 6) is -1.39. The van der Waals surface area contributed by atoms with Crippen molar-refractivity contribution in [3.63, 3.8) is 0 Å². The van der Waals surface area contributed by atoms with Crippen LogP contribution in [-0.4, -0.2) is 17.9 Å². The van der Waals surface area contributed by atoms with Gasteiger partial charge < -0.3 is 14.5 Å². The second kappa shape index (κ2) is 7.35. The van der Waals surface area contributed by atoms with Crippen LogP contribution in [0.15, 0.2) is 62.3 Å². The van der Waals surface area contributed by atoms with Crippen LogP contribution in [0.25, 0.3) is 11.0 Å². The summed E-state index contributed by atoms with van der Waals surface area (Å²) in [6.07, 6.45) is 2.88. The van der Waals surface area contributed by atoms with Crippen molar-refractivity contribution >= 4 is 22.7 Å². The van der Waals surface area contributed by atoms with Gasteiger partial charge in [-0.05, 0) is 45.7 Å². The number of para-hydroxylation sites is 1. The van der Waals surface area contributed by atoms with Gasteiger partial charge >= 0.3 is 5.97 Å². The van der Waals surface area contributed by atoms with Crippen molar-refractivity contribution in [3.8, 4) is 0 Å². The standard InChI is InChI=1S/C23H23NO5/c1-12(2)29-23(27)19-13(3)24-16-8-6-9-17(25)21(16)20(19)15-11-28-18-10-5-4-7-14(18)22(15)26/h4-5,7,10-12,20,24H,6,8-9H2,1-3H3/t20-/m0/s1. The molecule has 0 saturated carbocycles. The van der Waals surface area contributed by atoms with E-state index in [1.807, 2.05) is 0 Å². The first-order valence-corrected chi connectivity index (χ1v) is 9.84. The molecule has 0 fully saturated rings. The summed E-state index contributed by atoms with van der Waals surface area (Å²) in [5.41, 5.74) is 2.63. The van der Waals surface area contributed by atoms with Gasteiger partial charge in [0, 0.05) is 29.0 Å². The first-order valence-electron chi connectivity index (χ1n) is 9.84. The summed E-state index contributed by atoms with van der Waals surface area (Å²) in [6.45, 7) is 5.30. The molecule has 1 aliphatic heterocycles. The first-order chi connectivity index (χ1) is 13.9. The third-order valence-corrected chi connectivity index (χ3v) is 5.36. The van der Waals surface area contributed by atoms with Gasteiger partial charge in [-0.25, -0.2) is 4.79 Å². The molecule has 6 nitrogen and oxygen atoms in total. The number of hydrogen-bond donors (Lipinski definition) is 1. The highest BCUT2D eigenvalue weighted by Gasteiger charge is 2.40. The van der Waals surface area contributed by atoms with E-state index in [1.54, 1.807) is 45.0 Å². The molecule has 6 heteroatoms. The van der Waals surface area contributed by atoms with E-state index in [4.69, 9.17) is 9.15 Å². The number of esters is 1. The van der Waals surface area contributed by atoms with Crippen LogP contribution in [0.3, 0.4) is 0 Å². The van der Waals surface area contributed by atoms with Crippen LogP contribution in [0.1, 0.15) is 51.5 Å². The Bertz CT molecular complexity index is 1140. The molecule has 1 aromatic carbocycles. The molecule has 2 aliphatic rings. The third-order valence-electron chi connectivity index (χ3n) is 5.36. The Balaban J connectivity index is 1.96. The minimum absolute atomic E-state index is 0.0568. The maximum atomic E-state index is 13.3. The van der Waals surface area contributed by atoms with E-state index >= 15 is 0 Å². The van der Waals surface area contributed by atoms with Crippen molar-refractivity contribution in [1.29, 1.82) is 0 Å². The molecule has 1 N–H and O–H groups in total. The van der Waals surface area contributed by atoms with Crippen molar-refractivity contribution in [2.24, 2.45) is 0 Å². The molecule has 4 rings (SSSR count). The molecule has 0 unspecified atom stereocenters. The number of ether oxygens (including phenoxy) is 1. The number of benzene rings is 1. The van der Waals surface area contributed by atoms with Gasteiger partial charge in [-0.3, -0.25) is 9.59 Å². The number of nitrogens with one attached hydrogen (secondary N) is 1. The van der Waals surface area contributed by atoms with Gasteiger partial charge in [-0.15, -0.1) is 0 Å². The largest absolute Gasteiger partial charge is 0.464 e. The maximum Gasteiger partial charge on any atom is 0.337 e. The van der Waals surface area contributed by atoms with E-state index < -0.39 is 11.9 Å². The van der Waals surface area contributed by atoms with Crippen LogP contribution < -0.4 is 10.7 Å². The maximum absolute atomic E-state index is 13.3. The highest BCUT2D eigenvalue weighted by molar-refractivity contribution is 6.04. The fraction of sp³-hybridized carbons (Fsp3) is 0.348. The predicted molar refractivity (Wildman–Crippen MR) is 108 cm³/mol. The topological polar surface area (TPSA) is 85.6 Å². The summed E-state index contributed by atoms with van der Waals surface area (Å²) in [5, 5.41) is 3.63. The van der Waals surface area contributed by atoms with Gasteiger partial charge in [-0.1, -0.05) is 12.1 Å². The van der Waals surface area contributed by atoms with E-state index in [-0.39, 0.29) is 28.5 Å². The molecule has 1 aliphatic carbocycles.